The molecule has 0 bridgehead atoms. The molecule has 0 aliphatic heterocycles. The van der Waals surface area contributed by atoms with Crippen LogP contribution in [0.1, 0.15) is 0 Å². The Kier molecular flexibility index (Phi) is 1.79. The molecule has 0 saturated carbocycles. The number of hydrogen-bond acceptors (Lipinski definition) is 6. The van der Waals surface area contributed by atoms with E-state index in [-0.39, 0.29) is 0 Å². The van der Waals surface area contributed by atoms with Crippen LogP contribution >= 0.6 is 0 Å². The molecule has 0 aliphatic carbocycles. The molecule has 16 heavy (non-hydrogen) atoms. The number of aromatic nitrogens is 7. The van der Waals surface area contributed by atoms with Crippen LogP contribution in [0.15, 0.2) is 23.1 Å². The molecule has 0 fully saturated rings. The average Bonchev–Trinajstić information content (AvgIpc) is 2.97. The van der Waals surface area contributed by atoms with Crippen molar-refractivity contribution in [2.24, 2.45) is 7.05 Å². The Morgan fingerprint density at radius 2 is 2.38 bits per heavy atom. The van der Waals surface area contributed by atoms with E-state index in [1.807, 2.05) is 7.05 Å². The summed E-state index contributed by atoms with van der Waals surface area (Å²) in [6, 6.07) is 1.79. The molecule has 8 heteroatoms. The molecular formula is C8H7N7O. The minimum Gasteiger partial charge on any atom is -0.332 e. The Morgan fingerprint density at radius 1 is 1.44 bits per heavy atom. The number of aryl methyl sites for hydroxylation is 1. The van der Waals surface area contributed by atoms with Crippen molar-refractivity contribution in [3.8, 4) is 23.2 Å². The fourth-order valence-electron chi connectivity index (χ4n) is 1.27. The first-order valence-electron chi connectivity index (χ1n) is 4.52. The summed E-state index contributed by atoms with van der Waals surface area (Å²) in [5.41, 5.74) is 0.626. The zero-order chi connectivity index (χ0) is 11.0. The highest BCUT2D eigenvalue weighted by Crippen LogP contribution is 2.17. The third-order valence-corrected chi connectivity index (χ3v) is 1.99. The van der Waals surface area contributed by atoms with Crippen LogP contribution in [-0.4, -0.2) is 35.1 Å². The molecule has 0 radical (unpaired) electrons. The van der Waals surface area contributed by atoms with Crippen molar-refractivity contribution in [3.63, 3.8) is 0 Å². The lowest BCUT2D eigenvalue weighted by Crippen LogP contribution is -1.88. The fourth-order valence-corrected chi connectivity index (χ4v) is 1.27. The largest absolute Gasteiger partial charge is 0.332 e. The number of rotatable bonds is 2. The van der Waals surface area contributed by atoms with Gasteiger partial charge in [-0.2, -0.15) is 15.2 Å². The van der Waals surface area contributed by atoms with Crippen molar-refractivity contribution >= 4 is 0 Å². The summed E-state index contributed by atoms with van der Waals surface area (Å²) in [6.07, 6.45) is 3.18. The van der Waals surface area contributed by atoms with Crippen LogP contribution in [0.2, 0.25) is 0 Å². The highest BCUT2D eigenvalue weighted by atomic mass is 16.5. The van der Waals surface area contributed by atoms with Crippen LogP contribution in [0.4, 0.5) is 0 Å². The molecule has 0 atom stereocenters. The van der Waals surface area contributed by atoms with Gasteiger partial charge in [0.05, 0.1) is 0 Å². The van der Waals surface area contributed by atoms with Crippen molar-refractivity contribution in [3.05, 3.63) is 18.6 Å². The topological polar surface area (TPSA) is 98.3 Å². The molecule has 80 valence electrons. The predicted octanol–water partition coefficient (Wildman–Crippen LogP) is 0.255. The molecule has 1 N–H and O–H groups in total. The zero-order valence-electron chi connectivity index (χ0n) is 8.32. The second-order valence-corrected chi connectivity index (χ2v) is 3.13. The molecule has 3 rings (SSSR count). The number of H-pyrrole nitrogens is 1. The van der Waals surface area contributed by atoms with E-state index < -0.39 is 0 Å². The Hall–Kier alpha value is -2.51. The molecule has 0 unspecified atom stereocenters. The minimum absolute atomic E-state index is 0.354. The van der Waals surface area contributed by atoms with Crippen molar-refractivity contribution in [2.45, 2.75) is 0 Å². The van der Waals surface area contributed by atoms with E-state index >= 15 is 0 Å². The summed E-state index contributed by atoms with van der Waals surface area (Å²) < 4.78 is 6.72. The lowest BCUT2D eigenvalue weighted by Gasteiger charge is -1.84. The maximum absolute atomic E-state index is 5.06. The Labute approximate surface area is 89.3 Å². The van der Waals surface area contributed by atoms with Crippen molar-refractivity contribution in [2.75, 3.05) is 0 Å². The van der Waals surface area contributed by atoms with Crippen LogP contribution in [0.3, 0.4) is 0 Å². The molecule has 0 aromatic carbocycles. The average molecular weight is 217 g/mol. The summed E-state index contributed by atoms with van der Waals surface area (Å²) in [5.74, 6) is 1.18. The van der Waals surface area contributed by atoms with Gasteiger partial charge in [0.15, 0.2) is 11.5 Å². The Bertz CT molecular complexity index is 593. The van der Waals surface area contributed by atoms with Crippen LogP contribution in [0, 0.1) is 0 Å². The van der Waals surface area contributed by atoms with Crippen LogP contribution in [-0.2, 0) is 7.05 Å². The predicted molar refractivity (Wildman–Crippen MR) is 51.9 cm³/mol. The molecule has 8 nitrogen and oxygen atoms in total. The number of aromatic amines is 1. The molecule has 0 saturated heterocycles. The van der Waals surface area contributed by atoms with Gasteiger partial charge in [-0.1, -0.05) is 5.16 Å². The van der Waals surface area contributed by atoms with E-state index in [2.05, 4.69) is 30.4 Å². The maximum Gasteiger partial charge on any atom is 0.278 e. The van der Waals surface area contributed by atoms with E-state index in [1.165, 1.54) is 6.33 Å². The molecule has 0 aliphatic rings. The SMILES string of the molecule is Cn1ccc(-c2nc(-c3ncn[nH]3)no2)n1. The first kappa shape index (κ1) is 8.77. The van der Waals surface area contributed by atoms with Gasteiger partial charge < -0.3 is 4.52 Å². The monoisotopic (exact) mass is 217 g/mol. The van der Waals surface area contributed by atoms with Crippen LogP contribution in [0.25, 0.3) is 23.2 Å². The Balaban J connectivity index is 2.00. The van der Waals surface area contributed by atoms with Gasteiger partial charge in [0.25, 0.3) is 5.89 Å². The first-order valence-corrected chi connectivity index (χ1v) is 4.52. The van der Waals surface area contributed by atoms with Gasteiger partial charge in [0.1, 0.15) is 6.33 Å². The molecular weight excluding hydrogens is 210 g/mol. The molecule has 3 aromatic rings. The quantitative estimate of drug-likeness (QED) is 0.660. The van der Waals surface area contributed by atoms with Gasteiger partial charge in [0.2, 0.25) is 5.82 Å². The number of nitrogens with zero attached hydrogens (tertiary/aromatic N) is 6. The number of hydrogen-bond donors (Lipinski definition) is 1. The van der Waals surface area contributed by atoms with Gasteiger partial charge >= 0.3 is 0 Å². The van der Waals surface area contributed by atoms with Crippen molar-refractivity contribution in [1.29, 1.82) is 0 Å². The van der Waals surface area contributed by atoms with E-state index in [0.29, 0.717) is 23.2 Å². The third-order valence-electron chi connectivity index (χ3n) is 1.99. The lowest BCUT2D eigenvalue weighted by molar-refractivity contribution is 0.430. The summed E-state index contributed by atoms with van der Waals surface area (Å²) in [4.78, 5) is 8.07. The van der Waals surface area contributed by atoms with Gasteiger partial charge in [0, 0.05) is 13.2 Å². The standard InChI is InChI=1S/C8H7N7O/c1-15-3-2-5(13-15)8-11-7(14-16-8)6-9-4-10-12-6/h2-4H,1H3,(H,9,10,12). The van der Waals surface area contributed by atoms with E-state index in [9.17, 15) is 0 Å². The second kappa shape index (κ2) is 3.26. The minimum atomic E-state index is 0.354. The zero-order valence-corrected chi connectivity index (χ0v) is 8.32. The number of nitrogens with one attached hydrogen (secondary N) is 1. The van der Waals surface area contributed by atoms with Crippen molar-refractivity contribution < 1.29 is 4.52 Å². The molecule has 0 spiro atoms. The first-order chi connectivity index (χ1) is 7.83. The van der Waals surface area contributed by atoms with E-state index in [4.69, 9.17) is 4.52 Å². The second-order valence-electron chi connectivity index (χ2n) is 3.13. The fraction of sp³-hybridized carbons (Fsp3) is 0.125. The molecule has 3 aromatic heterocycles. The van der Waals surface area contributed by atoms with E-state index in [0.717, 1.165) is 0 Å². The van der Waals surface area contributed by atoms with Gasteiger partial charge in [-0.3, -0.25) is 9.78 Å². The van der Waals surface area contributed by atoms with E-state index in [1.54, 1.807) is 16.9 Å². The van der Waals surface area contributed by atoms with Gasteiger partial charge in [-0.05, 0) is 6.07 Å². The van der Waals surface area contributed by atoms with Gasteiger partial charge in [-0.15, -0.1) is 0 Å². The highest BCUT2D eigenvalue weighted by Gasteiger charge is 2.13. The van der Waals surface area contributed by atoms with Crippen molar-refractivity contribution in [1.82, 2.24) is 35.1 Å². The van der Waals surface area contributed by atoms with Crippen LogP contribution < -0.4 is 0 Å². The van der Waals surface area contributed by atoms with Crippen LogP contribution in [0.5, 0.6) is 0 Å². The smallest absolute Gasteiger partial charge is 0.278 e. The lowest BCUT2D eigenvalue weighted by atomic mass is 10.4. The Morgan fingerprint density at radius 3 is 3.06 bits per heavy atom. The third kappa shape index (κ3) is 1.36. The summed E-state index contributed by atoms with van der Waals surface area (Å²) in [6.45, 7) is 0. The maximum atomic E-state index is 5.06. The summed E-state index contributed by atoms with van der Waals surface area (Å²) in [5, 5.41) is 14.3. The summed E-state index contributed by atoms with van der Waals surface area (Å²) >= 11 is 0. The normalized spacial score (nSPS) is 10.8. The summed E-state index contributed by atoms with van der Waals surface area (Å²) in [7, 11) is 1.82. The molecule has 3 heterocycles. The molecule has 0 amide bonds. The van der Waals surface area contributed by atoms with Gasteiger partial charge in [-0.25, -0.2) is 4.98 Å². The highest BCUT2D eigenvalue weighted by molar-refractivity contribution is 5.50.